The Morgan fingerprint density at radius 2 is 0.929 bits per heavy atom. The lowest BCUT2D eigenvalue weighted by Gasteiger charge is -2.14. The normalized spacial score (nSPS) is 11.1. The van der Waals surface area contributed by atoms with E-state index < -0.39 is 0 Å². The van der Waals surface area contributed by atoms with Crippen molar-refractivity contribution in [1.82, 2.24) is 4.98 Å². The van der Waals surface area contributed by atoms with Gasteiger partial charge in [-0.1, -0.05) is 72.8 Å². The van der Waals surface area contributed by atoms with Gasteiger partial charge in [0.05, 0.1) is 11.0 Å². The van der Waals surface area contributed by atoms with Crippen LogP contribution in [0.4, 0.5) is 11.4 Å². The van der Waals surface area contributed by atoms with Gasteiger partial charge in [0, 0.05) is 33.3 Å². The summed E-state index contributed by atoms with van der Waals surface area (Å²) in [6.45, 7) is 0. The maximum atomic E-state index is 6.38. The van der Waals surface area contributed by atoms with Crippen molar-refractivity contribution < 1.29 is 0 Å². The molecule has 3 heteroatoms. The number of hydrogen-bond acceptors (Lipinski definition) is 3. The summed E-state index contributed by atoms with van der Waals surface area (Å²) in [5.74, 6) is 0. The van der Waals surface area contributed by atoms with Crippen molar-refractivity contribution >= 4 is 33.2 Å². The van der Waals surface area contributed by atoms with Crippen molar-refractivity contribution in [2.45, 2.75) is 0 Å². The van der Waals surface area contributed by atoms with E-state index >= 15 is 0 Å². The third-order valence-corrected chi connectivity index (χ3v) is 5.14. The largest absolute Gasteiger partial charge is 0.398 e. The third-order valence-electron chi connectivity index (χ3n) is 5.14. The molecule has 0 fully saturated rings. The first-order chi connectivity index (χ1) is 13.7. The average molecular weight is 361 g/mol. The smallest absolute Gasteiger partial charge is 0.0809 e. The van der Waals surface area contributed by atoms with Crippen LogP contribution >= 0.6 is 0 Å². The van der Waals surface area contributed by atoms with E-state index in [1.807, 2.05) is 60.7 Å². The molecule has 28 heavy (non-hydrogen) atoms. The molecule has 0 unspecified atom stereocenters. The van der Waals surface area contributed by atoms with Crippen LogP contribution in [0.2, 0.25) is 0 Å². The standard InChI is InChI=1S/C25H19N3/c26-20-13-11-18-15-19-12-14-21(27)23(17-9-5-2-6-10-17)25(19)28-24(18)22(20)16-7-3-1-4-8-16/h1-15H,26-27H2. The maximum absolute atomic E-state index is 6.38. The fraction of sp³-hybridized carbons (Fsp3) is 0. The second-order valence-corrected chi connectivity index (χ2v) is 6.92. The van der Waals surface area contributed by atoms with Gasteiger partial charge < -0.3 is 11.5 Å². The monoisotopic (exact) mass is 361 g/mol. The summed E-state index contributed by atoms with van der Waals surface area (Å²) < 4.78 is 0. The fourth-order valence-electron chi connectivity index (χ4n) is 3.82. The molecule has 0 bridgehead atoms. The molecule has 0 radical (unpaired) electrons. The van der Waals surface area contributed by atoms with E-state index in [-0.39, 0.29) is 0 Å². The Kier molecular flexibility index (Phi) is 3.73. The number of anilines is 2. The second kappa shape index (κ2) is 6.39. The molecule has 5 rings (SSSR count). The number of nitrogens with zero attached hydrogens (tertiary/aromatic N) is 1. The highest BCUT2D eigenvalue weighted by Crippen LogP contribution is 2.38. The molecule has 1 aromatic heterocycles. The SMILES string of the molecule is Nc1ccc2cc3ccc(N)c(-c4ccccc4)c3nc2c1-c1ccccc1. The molecule has 0 aliphatic heterocycles. The highest BCUT2D eigenvalue weighted by Gasteiger charge is 2.14. The highest BCUT2D eigenvalue weighted by molar-refractivity contribution is 6.08. The van der Waals surface area contributed by atoms with E-state index in [9.17, 15) is 0 Å². The highest BCUT2D eigenvalue weighted by atomic mass is 14.7. The van der Waals surface area contributed by atoms with Crippen molar-refractivity contribution in [3.05, 3.63) is 91.0 Å². The van der Waals surface area contributed by atoms with Gasteiger partial charge in [-0.15, -0.1) is 0 Å². The minimum absolute atomic E-state index is 0.718. The van der Waals surface area contributed by atoms with Gasteiger partial charge in [0.1, 0.15) is 0 Å². The van der Waals surface area contributed by atoms with Gasteiger partial charge in [0.25, 0.3) is 0 Å². The molecule has 5 aromatic rings. The number of hydrogen-bond donors (Lipinski definition) is 2. The Bertz CT molecular complexity index is 1210. The molecular formula is C25H19N3. The van der Waals surface area contributed by atoms with E-state index in [0.29, 0.717) is 0 Å². The van der Waals surface area contributed by atoms with Gasteiger partial charge in [0.15, 0.2) is 0 Å². The van der Waals surface area contributed by atoms with Crippen molar-refractivity contribution in [3.8, 4) is 22.3 Å². The van der Waals surface area contributed by atoms with Crippen LogP contribution in [0.3, 0.4) is 0 Å². The van der Waals surface area contributed by atoms with Crippen LogP contribution in [0.25, 0.3) is 44.1 Å². The molecule has 0 aliphatic rings. The van der Waals surface area contributed by atoms with E-state index in [2.05, 4.69) is 30.3 Å². The summed E-state index contributed by atoms with van der Waals surface area (Å²) in [7, 11) is 0. The Morgan fingerprint density at radius 3 is 1.36 bits per heavy atom. The Morgan fingerprint density at radius 1 is 0.500 bits per heavy atom. The second-order valence-electron chi connectivity index (χ2n) is 6.92. The Balaban J connectivity index is 1.91. The number of nitrogen functional groups attached to an aromatic ring is 2. The molecule has 0 aliphatic carbocycles. The maximum Gasteiger partial charge on any atom is 0.0809 e. The number of nitrogens with two attached hydrogens (primary N) is 2. The summed E-state index contributed by atoms with van der Waals surface area (Å²) >= 11 is 0. The molecule has 1 heterocycles. The van der Waals surface area contributed by atoms with Gasteiger partial charge in [-0.3, -0.25) is 0 Å². The summed E-state index contributed by atoms with van der Waals surface area (Å²) in [6, 6.07) is 30.4. The molecule has 4 aromatic carbocycles. The van der Waals surface area contributed by atoms with E-state index in [1.54, 1.807) is 0 Å². The van der Waals surface area contributed by atoms with Crippen LogP contribution in [-0.4, -0.2) is 4.98 Å². The summed E-state index contributed by atoms with van der Waals surface area (Å²) in [5.41, 5.74) is 20.0. The lowest BCUT2D eigenvalue weighted by atomic mass is 9.96. The molecule has 0 saturated heterocycles. The van der Waals surface area contributed by atoms with Crippen molar-refractivity contribution in [3.63, 3.8) is 0 Å². The van der Waals surface area contributed by atoms with Crippen LogP contribution in [0.1, 0.15) is 0 Å². The quantitative estimate of drug-likeness (QED) is 0.304. The molecule has 0 atom stereocenters. The Labute approximate surface area is 163 Å². The molecular weight excluding hydrogens is 342 g/mol. The van der Waals surface area contributed by atoms with E-state index in [0.717, 1.165) is 55.4 Å². The minimum Gasteiger partial charge on any atom is -0.398 e. The van der Waals surface area contributed by atoms with Crippen molar-refractivity contribution in [2.24, 2.45) is 0 Å². The summed E-state index contributed by atoms with van der Waals surface area (Å²) in [6.07, 6.45) is 0. The zero-order chi connectivity index (χ0) is 19.1. The van der Waals surface area contributed by atoms with Crippen LogP contribution in [0.5, 0.6) is 0 Å². The van der Waals surface area contributed by atoms with E-state index in [4.69, 9.17) is 16.5 Å². The number of fused-ring (bicyclic) bond motifs is 2. The first-order valence-electron chi connectivity index (χ1n) is 9.24. The van der Waals surface area contributed by atoms with Gasteiger partial charge in [-0.25, -0.2) is 4.98 Å². The molecule has 3 nitrogen and oxygen atoms in total. The van der Waals surface area contributed by atoms with Crippen LogP contribution in [0, 0.1) is 0 Å². The van der Waals surface area contributed by atoms with Gasteiger partial charge >= 0.3 is 0 Å². The zero-order valence-electron chi connectivity index (χ0n) is 15.3. The molecule has 0 spiro atoms. The van der Waals surface area contributed by atoms with E-state index in [1.165, 1.54) is 0 Å². The lowest BCUT2D eigenvalue weighted by Crippen LogP contribution is -1.97. The number of aromatic nitrogens is 1. The molecule has 0 saturated carbocycles. The van der Waals surface area contributed by atoms with Crippen molar-refractivity contribution in [2.75, 3.05) is 11.5 Å². The average Bonchev–Trinajstić information content (AvgIpc) is 2.74. The number of rotatable bonds is 2. The topological polar surface area (TPSA) is 64.9 Å². The fourth-order valence-corrected chi connectivity index (χ4v) is 3.82. The lowest BCUT2D eigenvalue weighted by molar-refractivity contribution is 1.48. The van der Waals surface area contributed by atoms with Crippen molar-refractivity contribution in [1.29, 1.82) is 0 Å². The number of pyridine rings is 1. The van der Waals surface area contributed by atoms with Crippen LogP contribution in [-0.2, 0) is 0 Å². The van der Waals surface area contributed by atoms with Gasteiger partial charge in [-0.05, 0) is 29.3 Å². The Hall–Kier alpha value is -3.85. The summed E-state index contributed by atoms with van der Waals surface area (Å²) in [4.78, 5) is 5.09. The molecule has 134 valence electrons. The molecule has 4 N–H and O–H groups in total. The number of benzene rings is 4. The predicted octanol–water partition coefficient (Wildman–Crippen LogP) is 5.89. The van der Waals surface area contributed by atoms with Gasteiger partial charge in [-0.2, -0.15) is 0 Å². The predicted molar refractivity (Wildman–Crippen MR) is 119 cm³/mol. The first kappa shape index (κ1) is 16.3. The first-order valence-corrected chi connectivity index (χ1v) is 9.24. The third kappa shape index (κ3) is 2.57. The van der Waals surface area contributed by atoms with Crippen LogP contribution in [0.15, 0.2) is 91.0 Å². The van der Waals surface area contributed by atoms with Crippen LogP contribution < -0.4 is 11.5 Å². The minimum atomic E-state index is 0.718. The zero-order valence-corrected chi connectivity index (χ0v) is 15.3. The van der Waals surface area contributed by atoms with Gasteiger partial charge in [0.2, 0.25) is 0 Å². The molecule has 0 amide bonds. The summed E-state index contributed by atoms with van der Waals surface area (Å²) in [5, 5.41) is 2.12.